The third kappa shape index (κ3) is 2.66. The van der Waals surface area contributed by atoms with Gasteiger partial charge in [-0.05, 0) is 30.5 Å². The zero-order valence-corrected chi connectivity index (χ0v) is 12.3. The van der Waals surface area contributed by atoms with Gasteiger partial charge in [0.05, 0.1) is 4.92 Å². The molecule has 1 aromatic heterocycles. The van der Waals surface area contributed by atoms with Crippen molar-refractivity contribution >= 4 is 35.0 Å². The second-order valence-electron chi connectivity index (χ2n) is 4.61. The first-order valence-corrected chi connectivity index (χ1v) is 7.24. The summed E-state index contributed by atoms with van der Waals surface area (Å²) in [6.45, 7) is 1.65. The van der Waals surface area contributed by atoms with Gasteiger partial charge in [-0.25, -0.2) is 9.79 Å². The van der Waals surface area contributed by atoms with Crippen molar-refractivity contribution in [2.24, 2.45) is 4.99 Å². The van der Waals surface area contributed by atoms with E-state index in [4.69, 9.17) is 4.74 Å². The molecule has 1 aliphatic heterocycles. The number of nitro groups is 1. The van der Waals surface area contributed by atoms with Crippen LogP contribution in [0.2, 0.25) is 0 Å². The van der Waals surface area contributed by atoms with E-state index in [1.54, 1.807) is 25.1 Å². The van der Waals surface area contributed by atoms with Gasteiger partial charge in [0.1, 0.15) is 0 Å². The summed E-state index contributed by atoms with van der Waals surface area (Å²) >= 11 is 1.47. The number of carbonyl (C=O) groups excluding carboxylic acids is 1. The molecule has 0 saturated heterocycles. The summed E-state index contributed by atoms with van der Waals surface area (Å²) in [7, 11) is 0. The van der Waals surface area contributed by atoms with Crippen LogP contribution in [0.25, 0.3) is 6.08 Å². The molecule has 0 saturated carbocycles. The highest BCUT2D eigenvalue weighted by molar-refractivity contribution is 7.10. The molecule has 2 aromatic rings. The molecule has 0 spiro atoms. The topological polar surface area (TPSA) is 81.8 Å². The molecule has 0 N–H and O–H groups in total. The van der Waals surface area contributed by atoms with Crippen LogP contribution in [0.4, 0.5) is 5.69 Å². The minimum Gasteiger partial charge on any atom is -0.402 e. The first-order valence-electron chi connectivity index (χ1n) is 6.36. The molecule has 0 aliphatic carbocycles. The van der Waals surface area contributed by atoms with E-state index in [0.717, 1.165) is 4.88 Å². The van der Waals surface area contributed by atoms with Gasteiger partial charge in [0.15, 0.2) is 5.70 Å². The maximum Gasteiger partial charge on any atom is 0.363 e. The van der Waals surface area contributed by atoms with E-state index in [0.29, 0.717) is 11.1 Å². The van der Waals surface area contributed by atoms with Crippen molar-refractivity contribution in [3.8, 4) is 0 Å². The molecule has 1 aromatic carbocycles. The monoisotopic (exact) mass is 314 g/mol. The summed E-state index contributed by atoms with van der Waals surface area (Å²) in [6, 6.07) is 8.32. The van der Waals surface area contributed by atoms with Crippen molar-refractivity contribution in [1.29, 1.82) is 0 Å². The molecule has 0 unspecified atom stereocenters. The first-order chi connectivity index (χ1) is 10.5. The molecular weight excluding hydrogens is 304 g/mol. The van der Waals surface area contributed by atoms with Crippen LogP contribution in [0, 0.1) is 17.0 Å². The number of hydrogen-bond acceptors (Lipinski definition) is 6. The van der Waals surface area contributed by atoms with Crippen LogP contribution in [0.3, 0.4) is 0 Å². The Kier molecular flexibility index (Phi) is 3.56. The van der Waals surface area contributed by atoms with Gasteiger partial charge in [0.2, 0.25) is 5.90 Å². The van der Waals surface area contributed by atoms with Crippen LogP contribution in [-0.4, -0.2) is 16.8 Å². The van der Waals surface area contributed by atoms with Crippen LogP contribution < -0.4 is 0 Å². The predicted octanol–water partition coefficient (Wildman–Crippen LogP) is 3.31. The number of carbonyl (C=O) groups is 1. The quantitative estimate of drug-likeness (QED) is 0.377. The number of aryl methyl sites for hydroxylation is 1. The highest BCUT2D eigenvalue weighted by atomic mass is 32.1. The number of aliphatic imine (C=N–C) groups is 1. The molecule has 22 heavy (non-hydrogen) atoms. The summed E-state index contributed by atoms with van der Waals surface area (Å²) in [4.78, 5) is 27.4. The third-order valence-electron chi connectivity index (χ3n) is 3.10. The Bertz CT molecular complexity index is 822. The fourth-order valence-corrected chi connectivity index (χ4v) is 2.63. The van der Waals surface area contributed by atoms with E-state index < -0.39 is 10.9 Å². The Morgan fingerprint density at radius 2 is 2.18 bits per heavy atom. The molecule has 0 fully saturated rings. The van der Waals surface area contributed by atoms with E-state index in [-0.39, 0.29) is 17.3 Å². The van der Waals surface area contributed by atoms with Crippen molar-refractivity contribution < 1.29 is 14.5 Å². The molecule has 0 bridgehead atoms. The van der Waals surface area contributed by atoms with E-state index in [2.05, 4.69) is 4.99 Å². The highest BCUT2D eigenvalue weighted by Gasteiger charge is 2.25. The number of nitro benzene ring substituents is 1. The van der Waals surface area contributed by atoms with Gasteiger partial charge in [-0.15, -0.1) is 11.3 Å². The Morgan fingerprint density at radius 1 is 1.36 bits per heavy atom. The van der Waals surface area contributed by atoms with E-state index in [1.807, 2.05) is 17.5 Å². The van der Waals surface area contributed by atoms with Crippen molar-refractivity contribution in [1.82, 2.24) is 0 Å². The van der Waals surface area contributed by atoms with Crippen molar-refractivity contribution in [3.05, 3.63) is 67.5 Å². The molecule has 0 atom stereocenters. The van der Waals surface area contributed by atoms with Crippen LogP contribution in [-0.2, 0) is 9.53 Å². The van der Waals surface area contributed by atoms with Gasteiger partial charge >= 0.3 is 5.97 Å². The summed E-state index contributed by atoms with van der Waals surface area (Å²) in [5.41, 5.74) is 1.08. The van der Waals surface area contributed by atoms with Crippen LogP contribution >= 0.6 is 11.3 Å². The van der Waals surface area contributed by atoms with Gasteiger partial charge in [0, 0.05) is 22.1 Å². The lowest BCUT2D eigenvalue weighted by atomic mass is 10.1. The average molecular weight is 314 g/mol. The number of ether oxygens (including phenoxy) is 1. The second-order valence-corrected chi connectivity index (χ2v) is 5.59. The number of thiophene rings is 1. The summed E-state index contributed by atoms with van der Waals surface area (Å²) < 4.78 is 5.11. The molecule has 2 heterocycles. The third-order valence-corrected chi connectivity index (χ3v) is 3.91. The smallest absolute Gasteiger partial charge is 0.363 e. The Labute approximate surface area is 129 Å². The molecule has 6 nitrogen and oxygen atoms in total. The largest absolute Gasteiger partial charge is 0.402 e. The van der Waals surface area contributed by atoms with Gasteiger partial charge in [-0.1, -0.05) is 12.1 Å². The van der Waals surface area contributed by atoms with Crippen molar-refractivity contribution in [2.45, 2.75) is 6.92 Å². The Balaban J connectivity index is 1.98. The molecule has 0 amide bonds. The SMILES string of the molecule is Cc1ccc(C2=N/C(=C\c3cccs3)C(=O)O2)cc1[N+](=O)[O-]. The number of rotatable bonds is 3. The van der Waals surface area contributed by atoms with Gasteiger partial charge in [-0.2, -0.15) is 0 Å². The van der Waals surface area contributed by atoms with Crippen LogP contribution in [0.1, 0.15) is 16.0 Å². The number of hydrogen-bond donors (Lipinski definition) is 0. The number of esters is 1. The Morgan fingerprint density at radius 3 is 2.86 bits per heavy atom. The maximum atomic E-state index is 11.8. The van der Waals surface area contributed by atoms with E-state index in [9.17, 15) is 14.9 Å². The van der Waals surface area contributed by atoms with Crippen LogP contribution in [0.15, 0.2) is 46.4 Å². The zero-order valence-electron chi connectivity index (χ0n) is 11.5. The fraction of sp³-hybridized carbons (Fsp3) is 0.0667. The molecule has 0 radical (unpaired) electrons. The molecule has 3 rings (SSSR count). The maximum absolute atomic E-state index is 11.8. The highest BCUT2D eigenvalue weighted by Crippen LogP contribution is 2.24. The van der Waals surface area contributed by atoms with E-state index >= 15 is 0 Å². The normalized spacial score (nSPS) is 15.8. The van der Waals surface area contributed by atoms with E-state index in [1.165, 1.54) is 17.4 Å². The Hall–Kier alpha value is -2.80. The number of nitrogens with zero attached hydrogens (tertiary/aromatic N) is 2. The lowest BCUT2D eigenvalue weighted by molar-refractivity contribution is -0.385. The first kappa shape index (κ1) is 14.2. The van der Waals surface area contributed by atoms with Gasteiger partial charge < -0.3 is 4.74 Å². The minimum atomic E-state index is -0.563. The lowest BCUT2D eigenvalue weighted by Gasteiger charge is -2.01. The standard InChI is InChI=1S/C15H10N2O4S/c1-9-4-5-10(7-13(9)17(19)20)14-16-12(15(18)21-14)8-11-3-2-6-22-11/h2-8H,1H3/b12-8-. The minimum absolute atomic E-state index is 0.0352. The fourth-order valence-electron chi connectivity index (χ4n) is 1.98. The molecular formula is C15H10N2O4S. The molecule has 110 valence electrons. The predicted molar refractivity (Wildman–Crippen MR) is 82.8 cm³/mol. The second kappa shape index (κ2) is 5.53. The van der Waals surface area contributed by atoms with Gasteiger partial charge in [0.25, 0.3) is 5.69 Å². The van der Waals surface area contributed by atoms with Crippen molar-refractivity contribution in [3.63, 3.8) is 0 Å². The lowest BCUT2D eigenvalue weighted by Crippen LogP contribution is -2.06. The zero-order chi connectivity index (χ0) is 15.7. The number of benzene rings is 1. The van der Waals surface area contributed by atoms with Crippen molar-refractivity contribution in [2.75, 3.05) is 0 Å². The van der Waals surface area contributed by atoms with Gasteiger partial charge in [-0.3, -0.25) is 10.1 Å². The van der Waals surface area contributed by atoms with Crippen LogP contribution in [0.5, 0.6) is 0 Å². The summed E-state index contributed by atoms with van der Waals surface area (Å²) in [5, 5.41) is 12.9. The number of cyclic esters (lactones) is 1. The summed E-state index contributed by atoms with van der Waals surface area (Å²) in [6.07, 6.45) is 1.63. The average Bonchev–Trinajstić information content (AvgIpc) is 3.10. The summed E-state index contributed by atoms with van der Waals surface area (Å²) in [5.74, 6) is -0.484. The molecule has 1 aliphatic rings. The molecule has 7 heteroatoms.